The van der Waals surface area contributed by atoms with Gasteiger partial charge < -0.3 is 5.32 Å². The quantitative estimate of drug-likeness (QED) is 0.913. The second kappa shape index (κ2) is 5.33. The number of halogens is 1. The molecule has 0 saturated carbocycles. The second-order valence-corrected chi connectivity index (χ2v) is 6.49. The lowest BCUT2D eigenvalue weighted by molar-refractivity contribution is 0.598. The highest BCUT2D eigenvalue weighted by molar-refractivity contribution is 7.92. The molecular weight excluding hydrogens is 293 g/mol. The van der Waals surface area contributed by atoms with Crippen molar-refractivity contribution in [1.82, 2.24) is 4.98 Å². The first kappa shape index (κ1) is 13.8. The molecule has 0 unspecified atom stereocenters. The molecule has 7 heteroatoms. The first-order valence-corrected chi connectivity index (χ1v) is 8.04. The van der Waals surface area contributed by atoms with Crippen molar-refractivity contribution in [3.8, 4) is 0 Å². The SMILES string of the molecule is O=S(=O)(Nc1ccncc1F)c1ccc2c(c1)NCCC2. The molecule has 110 valence electrons. The molecule has 0 radical (unpaired) electrons. The van der Waals surface area contributed by atoms with Gasteiger partial charge in [-0.25, -0.2) is 12.8 Å². The first-order valence-electron chi connectivity index (χ1n) is 6.55. The van der Waals surface area contributed by atoms with Crippen LogP contribution in [0.3, 0.4) is 0 Å². The van der Waals surface area contributed by atoms with E-state index in [1.54, 1.807) is 12.1 Å². The Balaban J connectivity index is 1.93. The molecule has 1 aromatic carbocycles. The molecule has 0 saturated heterocycles. The molecule has 21 heavy (non-hydrogen) atoms. The summed E-state index contributed by atoms with van der Waals surface area (Å²) < 4.78 is 40.4. The molecule has 5 nitrogen and oxygen atoms in total. The van der Waals surface area contributed by atoms with Crippen molar-refractivity contribution in [2.75, 3.05) is 16.6 Å². The van der Waals surface area contributed by atoms with Gasteiger partial charge in [-0.15, -0.1) is 0 Å². The van der Waals surface area contributed by atoms with Gasteiger partial charge in [-0.05, 0) is 36.6 Å². The van der Waals surface area contributed by atoms with Crippen LogP contribution >= 0.6 is 0 Å². The predicted molar refractivity (Wildman–Crippen MR) is 78.3 cm³/mol. The molecule has 2 heterocycles. The van der Waals surface area contributed by atoms with Gasteiger partial charge in [0.2, 0.25) is 0 Å². The summed E-state index contributed by atoms with van der Waals surface area (Å²) in [6.07, 6.45) is 4.25. The van der Waals surface area contributed by atoms with Gasteiger partial charge in [0.15, 0.2) is 5.82 Å². The van der Waals surface area contributed by atoms with Crippen LogP contribution in [0, 0.1) is 5.82 Å². The van der Waals surface area contributed by atoms with Crippen LogP contribution in [0.2, 0.25) is 0 Å². The maximum Gasteiger partial charge on any atom is 0.262 e. The van der Waals surface area contributed by atoms with Crippen LogP contribution in [-0.2, 0) is 16.4 Å². The van der Waals surface area contributed by atoms with Crippen molar-refractivity contribution in [3.05, 3.63) is 48.0 Å². The van der Waals surface area contributed by atoms with E-state index in [4.69, 9.17) is 0 Å². The number of hydrogen-bond acceptors (Lipinski definition) is 4. The van der Waals surface area contributed by atoms with E-state index in [1.807, 2.05) is 0 Å². The minimum atomic E-state index is -3.83. The van der Waals surface area contributed by atoms with Crippen molar-refractivity contribution in [2.45, 2.75) is 17.7 Å². The molecule has 2 N–H and O–H groups in total. The summed E-state index contributed by atoms with van der Waals surface area (Å²) in [6.45, 7) is 0.822. The van der Waals surface area contributed by atoms with E-state index < -0.39 is 15.8 Å². The number of anilines is 2. The van der Waals surface area contributed by atoms with Crippen LogP contribution in [0.5, 0.6) is 0 Å². The van der Waals surface area contributed by atoms with Crippen LogP contribution in [0.1, 0.15) is 12.0 Å². The van der Waals surface area contributed by atoms with Crippen molar-refractivity contribution in [2.24, 2.45) is 0 Å². The third-order valence-corrected chi connectivity index (χ3v) is 4.71. The average molecular weight is 307 g/mol. The van der Waals surface area contributed by atoms with Crippen molar-refractivity contribution in [3.63, 3.8) is 0 Å². The number of rotatable bonds is 3. The van der Waals surface area contributed by atoms with Crippen LogP contribution in [-0.4, -0.2) is 19.9 Å². The Morgan fingerprint density at radius 3 is 2.95 bits per heavy atom. The minimum absolute atomic E-state index is 0.104. The summed E-state index contributed by atoms with van der Waals surface area (Å²) in [5.74, 6) is -0.711. The summed E-state index contributed by atoms with van der Waals surface area (Å²) in [7, 11) is -3.83. The van der Waals surface area contributed by atoms with E-state index in [0.717, 1.165) is 36.8 Å². The predicted octanol–water partition coefficient (Wildman–Crippen LogP) is 2.38. The normalized spacial score (nSPS) is 14.1. The molecule has 3 rings (SSSR count). The smallest absolute Gasteiger partial charge is 0.262 e. The molecule has 1 aliphatic heterocycles. The Bertz CT molecular complexity index is 778. The van der Waals surface area contributed by atoms with Crippen molar-refractivity contribution < 1.29 is 12.8 Å². The summed E-state index contributed by atoms with van der Waals surface area (Å²) >= 11 is 0. The van der Waals surface area contributed by atoms with Crippen LogP contribution in [0.4, 0.5) is 15.8 Å². The number of sulfonamides is 1. The van der Waals surface area contributed by atoms with Crippen LogP contribution in [0.15, 0.2) is 41.6 Å². The van der Waals surface area contributed by atoms with Gasteiger partial charge in [0.05, 0.1) is 16.8 Å². The summed E-state index contributed by atoms with van der Waals surface area (Å²) in [6, 6.07) is 6.19. The third kappa shape index (κ3) is 2.82. The zero-order valence-electron chi connectivity index (χ0n) is 11.1. The van der Waals surface area contributed by atoms with Crippen LogP contribution in [0.25, 0.3) is 0 Å². The standard InChI is InChI=1S/C14H14FN3O2S/c15-12-9-16-7-5-13(12)18-21(19,20)11-4-3-10-2-1-6-17-14(10)8-11/h3-5,7-9,17H,1-2,6H2,(H,16,18). The molecule has 1 aromatic heterocycles. The van der Waals surface area contributed by atoms with Gasteiger partial charge in [0, 0.05) is 18.4 Å². The van der Waals surface area contributed by atoms with E-state index in [-0.39, 0.29) is 10.6 Å². The summed E-state index contributed by atoms with van der Waals surface area (Å²) in [5.41, 5.74) is 1.80. The van der Waals surface area contributed by atoms with Crippen molar-refractivity contribution in [1.29, 1.82) is 0 Å². The minimum Gasteiger partial charge on any atom is -0.385 e. The van der Waals surface area contributed by atoms with Gasteiger partial charge in [-0.3, -0.25) is 9.71 Å². The fraction of sp³-hybridized carbons (Fsp3) is 0.214. The topological polar surface area (TPSA) is 71.1 Å². The van der Waals surface area contributed by atoms with E-state index in [9.17, 15) is 12.8 Å². The van der Waals surface area contributed by atoms with E-state index >= 15 is 0 Å². The van der Waals surface area contributed by atoms with E-state index in [0.29, 0.717) is 0 Å². The number of nitrogens with one attached hydrogen (secondary N) is 2. The van der Waals surface area contributed by atoms with Gasteiger partial charge in [0.1, 0.15) is 0 Å². The highest BCUT2D eigenvalue weighted by atomic mass is 32.2. The number of aryl methyl sites for hydroxylation is 1. The summed E-state index contributed by atoms with van der Waals surface area (Å²) in [4.78, 5) is 3.69. The Kier molecular flexibility index (Phi) is 3.50. The molecule has 0 aliphatic carbocycles. The Morgan fingerprint density at radius 2 is 2.14 bits per heavy atom. The fourth-order valence-electron chi connectivity index (χ4n) is 2.27. The Labute approximate surface area is 122 Å². The lowest BCUT2D eigenvalue weighted by atomic mass is 10.0. The highest BCUT2D eigenvalue weighted by Crippen LogP contribution is 2.26. The highest BCUT2D eigenvalue weighted by Gasteiger charge is 2.19. The van der Waals surface area contributed by atoms with Gasteiger partial charge in [-0.2, -0.15) is 0 Å². The van der Waals surface area contributed by atoms with Gasteiger partial charge >= 0.3 is 0 Å². The molecule has 0 bridgehead atoms. The number of benzene rings is 1. The third-order valence-electron chi connectivity index (χ3n) is 3.35. The van der Waals surface area contributed by atoms with Crippen LogP contribution < -0.4 is 10.0 Å². The zero-order valence-corrected chi connectivity index (χ0v) is 12.0. The van der Waals surface area contributed by atoms with Gasteiger partial charge in [-0.1, -0.05) is 6.07 Å². The number of aromatic nitrogens is 1. The molecular formula is C14H14FN3O2S. The number of pyridine rings is 1. The molecule has 0 atom stereocenters. The Morgan fingerprint density at radius 1 is 1.29 bits per heavy atom. The fourth-order valence-corrected chi connectivity index (χ4v) is 3.36. The molecule has 1 aliphatic rings. The zero-order chi connectivity index (χ0) is 14.9. The monoisotopic (exact) mass is 307 g/mol. The lowest BCUT2D eigenvalue weighted by Gasteiger charge is -2.19. The van der Waals surface area contributed by atoms with Crippen molar-refractivity contribution >= 4 is 21.4 Å². The maximum absolute atomic E-state index is 13.5. The maximum atomic E-state index is 13.5. The largest absolute Gasteiger partial charge is 0.385 e. The van der Waals surface area contributed by atoms with Gasteiger partial charge in [0.25, 0.3) is 10.0 Å². The van der Waals surface area contributed by atoms with E-state index in [2.05, 4.69) is 15.0 Å². The average Bonchev–Trinajstić information content (AvgIpc) is 2.49. The Hall–Kier alpha value is -2.15. The molecule has 2 aromatic rings. The second-order valence-electron chi connectivity index (χ2n) is 4.81. The molecule has 0 fully saturated rings. The van der Waals surface area contributed by atoms with E-state index in [1.165, 1.54) is 18.3 Å². The number of nitrogens with zero attached hydrogens (tertiary/aromatic N) is 1. The number of fused-ring (bicyclic) bond motifs is 1. The molecule has 0 spiro atoms. The number of hydrogen-bond donors (Lipinski definition) is 2. The lowest BCUT2D eigenvalue weighted by Crippen LogP contribution is -2.16. The first-order chi connectivity index (χ1) is 10.1. The summed E-state index contributed by atoms with van der Waals surface area (Å²) in [5, 5.41) is 3.17. The molecule has 0 amide bonds.